The van der Waals surface area contributed by atoms with E-state index in [9.17, 15) is 9.59 Å². The molecule has 2 aliphatic rings. The zero-order valence-electron chi connectivity index (χ0n) is 16.1. The molecule has 150 valence electrons. The summed E-state index contributed by atoms with van der Waals surface area (Å²) in [7, 11) is 0. The lowest BCUT2D eigenvalue weighted by Crippen LogP contribution is -2.41. The quantitative estimate of drug-likeness (QED) is 0.742. The molecule has 0 unspecified atom stereocenters. The summed E-state index contributed by atoms with van der Waals surface area (Å²) in [5, 5.41) is 0. The molecule has 0 atom stereocenters. The minimum atomic E-state index is -0.0766. The van der Waals surface area contributed by atoms with Gasteiger partial charge in [-0.15, -0.1) is 0 Å². The van der Waals surface area contributed by atoms with Crippen LogP contribution in [0.15, 0.2) is 47.3 Å². The van der Waals surface area contributed by atoms with E-state index in [2.05, 4.69) is 4.98 Å². The molecule has 0 spiro atoms. The number of H-pyrrole nitrogens is 1. The van der Waals surface area contributed by atoms with E-state index in [0.717, 1.165) is 35.2 Å². The molecule has 7 heteroatoms. The predicted octanol–water partition coefficient (Wildman–Crippen LogP) is 2.51. The summed E-state index contributed by atoms with van der Waals surface area (Å²) in [5.74, 6) is 1.54. The lowest BCUT2D eigenvalue weighted by Gasteiger charge is -2.32. The predicted molar refractivity (Wildman–Crippen MR) is 109 cm³/mol. The fraction of sp³-hybridized carbons (Fsp3) is 0.364. The van der Waals surface area contributed by atoms with E-state index in [1.165, 1.54) is 0 Å². The van der Waals surface area contributed by atoms with E-state index >= 15 is 0 Å². The smallest absolute Gasteiger partial charge is 0.326 e. The summed E-state index contributed by atoms with van der Waals surface area (Å²) in [6.07, 6.45) is 1.89. The topological polar surface area (TPSA) is 76.6 Å². The number of hydrogen-bond acceptors (Lipinski definition) is 4. The van der Waals surface area contributed by atoms with Crippen LogP contribution in [0.5, 0.6) is 11.5 Å². The Morgan fingerprint density at radius 2 is 1.79 bits per heavy atom. The van der Waals surface area contributed by atoms with Gasteiger partial charge in [0.05, 0.1) is 17.5 Å². The standard InChI is InChI=1S/C22H23N3O4/c26-21(14-15-5-6-19-20(13-15)29-12-11-28-19)24-9-7-16(8-10-24)25-18-4-2-1-3-17(18)23-22(25)27/h1-6,13,16H,7-12,14H2,(H,23,27). The minimum absolute atomic E-state index is 0.0766. The Morgan fingerprint density at radius 3 is 2.62 bits per heavy atom. The zero-order valence-corrected chi connectivity index (χ0v) is 16.1. The fourth-order valence-corrected chi connectivity index (χ4v) is 4.29. The summed E-state index contributed by atoms with van der Waals surface area (Å²) < 4.78 is 13.0. The van der Waals surface area contributed by atoms with Gasteiger partial charge in [-0.25, -0.2) is 4.79 Å². The second-order valence-corrected chi connectivity index (χ2v) is 7.58. The first kappa shape index (κ1) is 17.8. The summed E-state index contributed by atoms with van der Waals surface area (Å²) in [6.45, 7) is 2.39. The van der Waals surface area contributed by atoms with Crippen LogP contribution in [0.25, 0.3) is 11.0 Å². The number of ether oxygens (including phenoxy) is 2. The van der Waals surface area contributed by atoms with Crippen LogP contribution in [0.1, 0.15) is 24.4 Å². The number of benzene rings is 2. The fourth-order valence-electron chi connectivity index (χ4n) is 4.29. The number of piperidine rings is 1. The summed E-state index contributed by atoms with van der Waals surface area (Å²) in [5.41, 5.74) is 2.63. The van der Waals surface area contributed by atoms with E-state index in [0.29, 0.717) is 38.5 Å². The molecule has 1 fully saturated rings. The maximum Gasteiger partial charge on any atom is 0.326 e. The average molecular weight is 393 g/mol. The minimum Gasteiger partial charge on any atom is -0.486 e. The van der Waals surface area contributed by atoms with Crippen molar-refractivity contribution in [1.82, 2.24) is 14.5 Å². The molecule has 0 bridgehead atoms. The molecule has 1 amide bonds. The van der Waals surface area contributed by atoms with Crippen LogP contribution in [-0.2, 0) is 11.2 Å². The van der Waals surface area contributed by atoms with Crippen LogP contribution in [0, 0.1) is 0 Å². The number of imidazole rings is 1. The lowest BCUT2D eigenvalue weighted by molar-refractivity contribution is -0.131. The van der Waals surface area contributed by atoms with Crippen LogP contribution in [0.2, 0.25) is 0 Å². The van der Waals surface area contributed by atoms with Crippen LogP contribution in [0.3, 0.4) is 0 Å². The third kappa shape index (κ3) is 3.37. The molecular weight excluding hydrogens is 370 g/mol. The van der Waals surface area contributed by atoms with Crippen molar-refractivity contribution in [2.75, 3.05) is 26.3 Å². The van der Waals surface area contributed by atoms with E-state index in [4.69, 9.17) is 9.47 Å². The number of fused-ring (bicyclic) bond motifs is 2. The number of hydrogen-bond donors (Lipinski definition) is 1. The molecule has 1 aromatic heterocycles. The van der Waals surface area contributed by atoms with E-state index in [1.54, 1.807) is 0 Å². The lowest BCUT2D eigenvalue weighted by atomic mass is 10.0. The van der Waals surface area contributed by atoms with Crippen molar-refractivity contribution in [2.45, 2.75) is 25.3 Å². The molecule has 3 heterocycles. The van der Waals surface area contributed by atoms with Gasteiger partial charge in [-0.3, -0.25) is 9.36 Å². The Hall–Kier alpha value is -3.22. The Morgan fingerprint density at radius 1 is 1.03 bits per heavy atom. The molecular formula is C22H23N3O4. The number of nitrogens with zero attached hydrogens (tertiary/aromatic N) is 2. The monoisotopic (exact) mass is 393 g/mol. The highest BCUT2D eigenvalue weighted by molar-refractivity contribution is 5.79. The first-order chi connectivity index (χ1) is 14.2. The van der Waals surface area contributed by atoms with Crippen molar-refractivity contribution in [2.24, 2.45) is 0 Å². The van der Waals surface area contributed by atoms with Gasteiger partial charge in [0.15, 0.2) is 11.5 Å². The normalized spacial score (nSPS) is 16.9. The third-order valence-corrected chi connectivity index (χ3v) is 5.77. The zero-order chi connectivity index (χ0) is 19.8. The molecule has 2 aromatic carbocycles. The summed E-state index contributed by atoms with van der Waals surface area (Å²) in [4.78, 5) is 30.0. The van der Waals surface area contributed by atoms with Crippen LogP contribution in [-0.4, -0.2) is 46.7 Å². The Kier molecular flexibility index (Phi) is 4.50. The number of likely N-dealkylation sites (tertiary alicyclic amines) is 1. The molecule has 1 saturated heterocycles. The van der Waals surface area contributed by atoms with Gasteiger partial charge in [-0.1, -0.05) is 18.2 Å². The van der Waals surface area contributed by atoms with Crippen LogP contribution in [0.4, 0.5) is 0 Å². The van der Waals surface area contributed by atoms with E-state index in [1.807, 2.05) is 51.9 Å². The van der Waals surface area contributed by atoms with E-state index < -0.39 is 0 Å². The average Bonchev–Trinajstić information content (AvgIpc) is 3.09. The number of amides is 1. The molecule has 2 aliphatic heterocycles. The first-order valence-corrected chi connectivity index (χ1v) is 10.0. The largest absolute Gasteiger partial charge is 0.486 e. The second kappa shape index (κ2) is 7.31. The molecule has 0 radical (unpaired) electrons. The maximum atomic E-state index is 12.8. The summed E-state index contributed by atoms with van der Waals surface area (Å²) >= 11 is 0. The van der Waals surface area contributed by atoms with Crippen LogP contribution >= 0.6 is 0 Å². The summed E-state index contributed by atoms with van der Waals surface area (Å²) in [6, 6.07) is 13.5. The van der Waals surface area contributed by atoms with E-state index in [-0.39, 0.29) is 17.6 Å². The van der Waals surface area contributed by atoms with Crippen LogP contribution < -0.4 is 15.2 Å². The SMILES string of the molecule is O=C(Cc1ccc2c(c1)OCCO2)N1CCC(n2c(=O)[nH]c3ccccc32)CC1. The van der Waals surface area contributed by atoms with Crippen molar-refractivity contribution in [3.8, 4) is 11.5 Å². The molecule has 1 N–H and O–H groups in total. The van der Waals surface area contributed by atoms with Crippen molar-refractivity contribution in [3.05, 3.63) is 58.5 Å². The van der Waals surface area contributed by atoms with Gasteiger partial charge in [0, 0.05) is 19.1 Å². The molecule has 0 saturated carbocycles. The molecule has 0 aliphatic carbocycles. The highest BCUT2D eigenvalue weighted by atomic mass is 16.6. The first-order valence-electron chi connectivity index (χ1n) is 10.0. The molecule has 29 heavy (non-hydrogen) atoms. The van der Waals surface area contributed by atoms with Gasteiger partial charge in [-0.05, 0) is 42.7 Å². The Bertz CT molecular complexity index is 1110. The van der Waals surface area contributed by atoms with Crippen molar-refractivity contribution >= 4 is 16.9 Å². The maximum absolute atomic E-state index is 12.8. The number of rotatable bonds is 3. The molecule has 7 nitrogen and oxygen atoms in total. The Labute approximate surface area is 167 Å². The van der Waals surface area contributed by atoms with Crippen molar-refractivity contribution in [3.63, 3.8) is 0 Å². The van der Waals surface area contributed by atoms with Gasteiger partial charge in [0.1, 0.15) is 13.2 Å². The third-order valence-electron chi connectivity index (χ3n) is 5.77. The van der Waals surface area contributed by atoms with Gasteiger partial charge in [-0.2, -0.15) is 0 Å². The highest BCUT2D eigenvalue weighted by Gasteiger charge is 2.26. The number of carbonyl (C=O) groups excluding carboxylic acids is 1. The molecule has 5 rings (SSSR count). The number of para-hydroxylation sites is 2. The Balaban J connectivity index is 1.25. The van der Waals surface area contributed by atoms with Gasteiger partial charge >= 0.3 is 5.69 Å². The van der Waals surface area contributed by atoms with Crippen molar-refractivity contribution < 1.29 is 14.3 Å². The van der Waals surface area contributed by atoms with Gasteiger partial charge in [0.25, 0.3) is 0 Å². The number of carbonyl (C=O) groups is 1. The number of aromatic nitrogens is 2. The van der Waals surface area contributed by atoms with Gasteiger partial charge < -0.3 is 19.4 Å². The highest BCUT2D eigenvalue weighted by Crippen LogP contribution is 2.31. The number of aromatic amines is 1. The molecule has 3 aromatic rings. The second-order valence-electron chi connectivity index (χ2n) is 7.58. The number of nitrogens with one attached hydrogen (secondary N) is 1. The van der Waals surface area contributed by atoms with Gasteiger partial charge in [0.2, 0.25) is 5.91 Å². The van der Waals surface area contributed by atoms with Crippen molar-refractivity contribution in [1.29, 1.82) is 0 Å².